The first-order chi connectivity index (χ1) is 8.56. The maximum absolute atomic E-state index is 10.1. The van der Waals surface area contributed by atoms with Crippen LogP contribution in [0.3, 0.4) is 0 Å². The maximum atomic E-state index is 10.1. The molecule has 0 bridgehead atoms. The van der Waals surface area contributed by atoms with Crippen LogP contribution in [0.5, 0.6) is 0 Å². The molecule has 0 saturated carbocycles. The Morgan fingerprint density at radius 1 is 1.11 bits per heavy atom. The average molecular weight is 250 g/mol. The second-order valence-electron chi connectivity index (χ2n) is 4.56. The fraction of sp³-hybridized carbons (Fsp3) is 0.467. The molecule has 0 aliphatic carbocycles. The third-order valence-electron chi connectivity index (χ3n) is 3.09. The zero-order chi connectivity index (χ0) is 13.5. The van der Waals surface area contributed by atoms with E-state index in [2.05, 4.69) is 0 Å². The monoisotopic (exact) mass is 250 g/mol. The van der Waals surface area contributed by atoms with Crippen LogP contribution in [0.25, 0.3) is 6.08 Å². The summed E-state index contributed by atoms with van der Waals surface area (Å²) in [7, 11) is 1.54. The van der Waals surface area contributed by atoms with Gasteiger partial charge in [-0.3, -0.25) is 0 Å². The number of benzene rings is 1. The second kappa shape index (κ2) is 7.31. The van der Waals surface area contributed by atoms with E-state index in [1.807, 2.05) is 43.3 Å². The molecule has 100 valence electrons. The van der Waals surface area contributed by atoms with Gasteiger partial charge in [0.15, 0.2) is 0 Å². The van der Waals surface area contributed by atoms with Crippen LogP contribution >= 0.6 is 0 Å². The third-order valence-corrected chi connectivity index (χ3v) is 3.09. The van der Waals surface area contributed by atoms with Gasteiger partial charge in [0.05, 0.1) is 18.3 Å². The van der Waals surface area contributed by atoms with E-state index in [1.54, 1.807) is 20.1 Å². The Labute approximate surface area is 109 Å². The average Bonchev–Trinajstić information content (AvgIpc) is 2.37. The fourth-order valence-electron chi connectivity index (χ4n) is 1.99. The van der Waals surface area contributed by atoms with E-state index in [4.69, 9.17) is 4.74 Å². The molecule has 4 atom stereocenters. The highest BCUT2D eigenvalue weighted by atomic mass is 16.5. The van der Waals surface area contributed by atoms with E-state index in [0.717, 1.165) is 5.56 Å². The Morgan fingerprint density at radius 2 is 1.72 bits per heavy atom. The van der Waals surface area contributed by atoms with Crippen molar-refractivity contribution in [3.8, 4) is 0 Å². The summed E-state index contributed by atoms with van der Waals surface area (Å²) < 4.78 is 5.20. The molecule has 18 heavy (non-hydrogen) atoms. The summed E-state index contributed by atoms with van der Waals surface area (Å²) in [4.78, 5) is 0. The van der Waals surface area contributed by atoms with Crippen LogP contribution in [-0.2, 0) is 4.74 Å². The Morgan fingerprint density at radius 3 is 2.22 bits per heavy atom. The van der Waals surface area contributed by atoms with Gasteiger partial charge in [0, 0.05) is 13.0 Å². The summed E-state index contributed by atoms with van der Waals surface area (Å²) >= 11 is 0. The minimum absolute atomic E-state index is 0.171. The molecule has 0 heterocycles. The van der Waals surface area contributed by atoms with Crippen LogP contribution in [-0.4, -0.2) is 35.6 Å². The number of aliphatic hydroxyl groups excluding tert-OH is 2. The molecule has 0 saturated heterocycles. The molecule has 3 heteroatoms. The van der Waals surface area contributed by atoms with Gasteiger partial charge >= 0.3 is 0 Å². The summed E-state index contributed by atoms with van der Waals surface area (Å²) in [6, 6.07) is 9.78. The SMILES string of the molecule is CO[C@@H](C(C)O)[C@H](C)[C@H](O)/C=C/c1ccccc1. The molecule has 2 N–H and O–H groups in total. The van der Waals surface area contributed by atoms with Crippen molar-refractivity contribution >= 4 is 6.08 Å². The van der Waals surface area contributed by atoms with Crippen molar-refractivity contribution in [3.05, 3.63) is 42.0 Å². The van der Waals surface area contributed by atoms with Crippen LogP contribution in [0.15, 0.2) is 36.4 Å². The predicted octanol–water partition coefficient (Wildman–Crippen LogP) is 2.09. The van der Waals surface area contributed by atoms with Crippen molar-refractivity contribution in [2.24, 2.45) is 5.92 Å². The van der Waals surface area contributed by atoms with Crippen molar-refractivity contribution in [1.29, 1.82) is 0 Å². The molecule has 3 nitrogen and oxygen atoms in total. The molecule has 0 aromatic heterocycles. The van der Waals surface area contributed by atoms with Gasteiger partial charge in [0.25, 0.3) is 0 Å². The standard InChI is InChI=1S/C15H22O3/c1-11(15(18-3)12(2)16)14(17)10-9-13-7-5-4-6-8-13/h4-12,14-17H,1-3H3/b10-9+/t11-,12?,14-,15-/m1/s1. The molecular formula is C15H22O3. The molecule has 1 rings (SSSR count). The molecule has 0 aliphatic heterocycles. The van der Waals surface area contributed by atoms with E-state index < -0.39 is 12.2 Å². The number of ether oxygens (including phenoxy) is 1. The quantitative estimate of drug-likeness (QED) is 0.813. The van der Waals surface area contributed by atoms with Gasteiger partial charge in [0.2, 0.25) is 0 Å². The lowest BCUT2D eigenvalue weighted by Crippen LogP contribution is -2.37. The predicted molar refractivity (Wildman–Crippen MR) is 73.1 cm³/mol. The highest BCUT2D eigenvalue weighted by molar-refractivity contribution is 5.49. The first kappa shape index (κ1) is 14.9. The number of hydrogen-bond donors (Lipinski definition) is 2. The van der Waals surface area contributed by atoms with Gasteiger partial charge in [0.1, 0.15) is 0 Å². The summed E-state index contributed by atoms with van der Waals surface area (Å²) in [6.07, 6.45) is 1.97. The zero-order valence-electron chi connectivity index (χ0n) is 11.2. The van der Waals surface area contributed by atoms with Crippen LogP contribution in [0.2, 0.25) is 0 Å². The topological polar surface area (TPSA) is 49.7 Å². The Hall–Kier alpha value is -1.16. The Balaban J connectivity index is 2.64. The van der Waals surface area contributed by atoms with Crippen molar-refractivity contribution in [2.75, 3.05) is 7.11 Å². The first-order valence-corrected chi connectivity index (χ1v) is 6.18. The van der Waals surface area contributed by atoms with Crippen LogP contribution in [0.1, 0.15) is 19.4 Å². The Bertz CT molecular complexity index is 359. The molecule has 0 fully saturated rings. The highest BCUT2D eigenvalue weighted by Gasteiger charge is 2.26. The summed E-state index contributed by atoms with van der Waals surface area (Å²) in [5.41, 5.74) is 1.04. The van der Waals surface area contributed by atoms with E-state index in [0.29, 0.717) is 0 Å². The van der Waals surface area contributed by atoms with Crippen molar-refractivity contribution in [1.82, 2.24) is 0 Å². The summed E-state index contributed by atoms with van der Waals surface area (Å²) in [6.45, 7) is 3.53. The van der Waals surface area contributed by atoms with Gasteiger partial charge in [-0.2, -0.15) is 0 Å². The van der Waals surface area contributed by atoms with Crippen molar-refractivity contribution < 1.29 is 14.9 Å². The first-order valence-electron chi connectivity index (χ1n) is 6.18. The van der Waals surface area contributed by atoms with Gasteiger partial charge in [-0.25, -0.2) is 0 Å². The summed E-state index contributed by atoms with van der Waals surface area (Å²) in [5.74, 6) is -0.171. The minimum Gasteiger partial charge on any atom is -0.391 e. The molecular weight excluding hydrogens is 228 g/mol. The van der Waals surface area contributed by atoms with E-state index in [-0.39, 0.29) is 12.0 Å². The highest BCUT2D eigenvalue weighted by Crippen LogP contribution is 2.17. The van der Waals surface area contributed by atoms with Gasteiger partial charge in [-0.1, -0.05) is 49.4 Å². The van der Waals surface area contributed by atoms with Gasteiger partial charge in [-0.15, -0.1) is 0 Å². The molecule has 0 amide bonds. The molecule has 1 aromatic carbocycles. The maximum Gasteiger partial charge on any atom is 0.0880 e. The molecule has 0 aliphatic rings. The summed E-state index contributed by atoms with van der Waals surface area (Å²) in [5, 5.41) is 19.6. The zero-order valence-corrected chi connectivity index (χ0v) is 11.2. The third kappa shape index (κ3) is 4.26. The normalized spacial score (nSPS) is 18.5. The lowest BCUT2D eigenvalue weighted by molar-refractivity contribution is -0.0577. The van der Waals surface area contributed by atoms with Gasteiger partial charge < -0.3 is 14.9 Å². The van der Waals surface area contributed by atoms with Crippen molar-refractivity contribution in [2.45, 2.75) is 32.2 Å². The van der Waals surface area contributed by atoms with E-state index in [1.165, 1.54) is 0 Å². The van der Waals surface area contributed by atoms with Crippen molar-refractivity contribution in [3.63, 3.8) is 0 Å². The Kier molecular flexibility index (Phi) is 6.05. The second-order valence-corrected chi connectivity index (χ2v) is 4.56. The molecule has 0 radical (unpaired) electrons. The number of aliphatic hydroxyl groups is 2. The van der Waals surface area contributed by atoms with Crippen LogP contribution < -0.4 is 0 Å². The molecule has 1 unspecified atom stereocenters. The molecule has 0 spiro atoms. The van der Waals surface area contributed by atoms with Crippen LogP contribution in [0.4, 0.5) is 0 Å². The van der Waals surface area contributed by atoms with E-state index >= 15 is 0 Å². The number of rotatable bonds is 6. The van der Waals surface area contributed by atoms with Gasteiger partial charge in [-0.05, 0) is 12.5 Å². The lowest BCUT2D eigenvalue weighted by Gasteiger charge is -2.27. The van der Waals surface area contributed by atoms with E-state index in [9.17, 15) is 10.2 Å². The van der Waals surface area contributed by atoms with Crippen LogP contribution in [0, 0.1) is 5.92 Å². The fourth-order valence-corrected chi connectivity index (χ4v) is 1.99. The largest absolute Gasteiger partial charge is 0.391 e. The smallest absolute Gasteiger partial charge is 0.0880 e. The molecule has 1 aromatic rings. The number of methoxy groups -OCH3 is 1. The minimum atomic E-state index is -0.648. The number of hydrogen-bond acceptors (Lipinski definition) is 3. The lowest BCUT2D eigenvalue weighted by atomic mass is 9.94.